The minimum absolute atomic E-state index is 0. The number of carbonyl (C=O) groups excluding carboxylic acids is 4. The molecule has 4 aromatic rings. The third kappa shape index (κ3) is 10.4. The molecule has 12 nitrogen and oxygen atoms in total. The fourth-order valence-electron chi connectivity index (χ4n) is 7.40. The van der Waals surface area contributed by atoms with Crippen LogP contribution < -0.4 is 28.4 Å². The van der Waals surface area contributed by atoms with Gasteiger partial charge in [0.15, 0.2) is 0 Å². The fraction of sp³-hybridized carbons (Fsp3) is 0.364. The summed E-state index contributed by atoms with van der Waals surface area (Å²) in [5.41, 5.74) is 2.93. The number of aromatic hydroxyl groups is 2. The lowest BCUT2D eigenvalue weighted by atomic mass is 9.78. The molecule has 0 aromatic heterocycles. The maximum atomic E-state index is 12.2. The van der Waals surface area contributed by atoms with Crippen molar-refractivity contribution >= 4 is 55.3 Å². The molecule has 0 radical (unpaired) electrons. The highest BCUT2D eigenvalue weighted by Gasteiger charge is 2.50. The molecule has 4 aliphatic heterocycles. The molecule has 8 rings (SSSR count). The first-order chi connectivity index (χ1) is 27.8. The van der Waals surface area contributed by atoms with Crippen LogP contribution >= 0.6 is 33.1 Å². The predicted molar refractivity (Wildman–Crippen MR) is 222 cm³/mol. The number of phenols is 2. The van der Waals surface area contributed by atoms with Crippen molar-refractivity contribution in [3.8, 4) is 46.0 Å². The zero-order valence-electron chi connectivity index (χ0n) is 32.6. The van der Waals surface area contributed by atoms with Gasteiger partial charge in [-0.2, -0.15) is 0 Å². The van der Waals surface area contributed by atoms with E-state index in [2.05, 4.69) is 0 Å². The molecule has 4 aliphatic rings. The number of benzene rings is 4. The van der Waals surface area contributed by atoms with Gasteiger partial charge in [0.2, 0.25) is 10.5 Å². The summed E-state index contributed by atoms with van der Waals surface area (Å²) < 4.78 is 34.2. The summed E-state index contributed by atoms with van der Waals surface area (Å²) in [4.78, 5) is 43.4. The van der Waals surface area contributed by atoms with Crippen LogP contribution in [0.5, 0.6) is 46.0 Å². The SMILES string of the molecule is COc1ccc2c(c1)C1(CO2)COc2ccc(OC(=O)CCCCC(C)=O)cc21.O=C(Cl)CCCCC(=O)Cl.Oc1ccc2c(c1)C1(CO2)COc2ccc(O)cc21.[PH-2]. The van der Waals surface area contributed by atoms with E-state index in [0.29, 0.717) is 77.1 Å². The van der Waals surface area contributed by atoms with E-state index in [0.717, 1.165) is 51.0 Å². The number of hydrogen-bond acceptors (Lipinski definition) is 12. The number of Topliss-reactive ketones (excluding diaryl/α,β-unsaturated/α-hetero) is 1. The summed E-state index contributed by atoms with van der Waals surface area (Å²) in [5.74, 6) is 4.60. The largest absolute Gasteiger partial charge is 1.51 e. The van der Waals surface area contributed by atoms with Crippen LogP contribution in [0.1, 0.15) is 80.5 Å². The molecule has 0 saturated carbocycles. The highest BCUT2D eigenvalue weighted by atomic mass is 35.5. The molecule has 59 heavy (non-hydrogen) atoms. The molecule has 1 unspecified atom stereocenters. The van der Waals surface area contributed by atoms with Gasteiger partial charge in [-0.1, -0.05) is 0 Å². The van der Waals surface area contributed by atoms with Crippen molar-refractivity contribution in [3.05, 3.63) is 95.1 Å². The Morgan fingerprint density at radius 1 is 0.576 bits per heavy atom. The van der Waals surface area contributed by atoms with Crippen LogP contribution in [0.15, 0.2) is 72.8 Å². The highest BCUT2D eigenvalue weighted by Crippen LogP contribution is 2.53. The van der Waals surface area contributed by atoms with Gasteiger partial charge >= 0.3 is 5.97 Å². The Labute approximate surface area is 355 Å². The molecule has 0 fully saturated rings. The second kappa shape index (κ2) is 19.8. The third-order valence-corrected chi connectivity index (χ3v) is 10.8. The average molecular weight is 868 g/mol. The van der Waals surface area contributed by atoms with Crippen molar-refractivity contribution in [3.63, 3.8) is 0 Å². The molecule has 4 heterocycles. The van der Waals surface area contributed by atoms with E-state index >= 15 is 0 Å². The lowest BCUT2D eigenvalue weighted by Crippen LogP contribution is -2.31. The van der Waals surface area contributed by atoms with Crippen molar-refractivity contribution in [2.24, 2.45) is 0 Å². The number of unbranched alkanes of at least 4 members (excludes halogenated alkanes) is 2. The first kappa shape index (κ1) is 45.1. The number of halogens is 2. The van der Waals surface area contributed by atoms with Gasteiger partial charge in [0.1, 0.15) is 78.2 Å². The van der Waals surface area contributed by atoms with Gasteiger partial charge in [0.25, 0.3) is 0 Å². The van der Waals surface area contributed by atoms with E-state index < -0.39 is 10.8 Å². The molecule has 2 spiro atoms. The van der Waals surface area contributed by atoms with Crippen LogP contribution in [-0.2, 0) is 30.0 Å². The Balaban J connectivity index is 0.000000189. The summed E-state index contributed by atoms with van der Waals surface area (Å²) in [6.45, 7) is 3.40. The number of fused-ring (bicyclic) bond motifs is 8. The Morgan fingerprint density at radius 3 is 1.37 bits per heavy atom. The quantitative estimate of drug-likeness (QED) is 0.0459. The Hall–Kier alpha value is -5.03. The second-order valence-corrected chi connectivity index (χ2v) is 15.3. The second-order valence-electron chi connectivity index (χ2n) is 14.5. The minimum atomic E-state index is -0.441. The monoisotopic (exact) mass is 866 g/mol. The molecule has 314 valence electrons. The summed E-state index contributed by atoms with van der Waals surface area (Å²) in [7, 11) is 1.64. The number of ketones is 1. The van der Waals surface area contributed by atoms with Crippen LogP contribution in [0.2, 0.25) is 0 Å². The summed E-state index contributed by atoms with van der Waals surface area (Å²) in [6.07, 6.45) is 4.04. The van der Waals surface area contributed by atoms with E-state index in [-0.39, 0.29) is 50.1 Å². The number of carbonyl (C=O) groups is 4. The smallest absolute Gasteiger partial charge is 0.311 e. The van der Waals surface area contributed by atoms with Crippen molar-refractivity contribution in [1.29, 1.82) is 0 Å². The molecule has 0 bridgehead atoms. The maximum absolute atomic E-state index is 12.2. The van der Waals surface area contributed by atoms with E-state index in [9.17, 15) is 29.4 Å². The van der Waals surface area contributed by atoms with Crippen molar-refractivity contribution in [2.75, 3.05) is 33.5 Å². The Kier molecular flexibility index (Phi) is 15.1. The molecule has 0 amide bonds. The summed E-state index contributed by atoms with van der Waals surface area (Å²) in [5, 5.41) is 18.7. The van der Waals surface area contributed by atoms with Crippen LogP contribution in [0.25, 0.3) is 0 Å². The minimum Gasteiger partial charge on any atom is -1.51 e. The summed E-state index contributed by atoms with van der Waals surface area (Å²) in [6, 6.07) is 21.4. The van der Waals surface area contributed by atoms with Crippen LogP contribution in [-0.4, -0.2) is 66.0 Å². The van der Waals surface area contributed by atoms with E-state index in [1.54, 1.807) is 56.5 Å². The number of methoxy groups -OCH3 is 1. The lowest BCUT2D eigenvalue weighted by Gasteiger charge is -2.21. The number of hydrogen-bond donors (Lipinski definition) is 2. The number of ether oxygens (including phenoxy) is 6. The zero-order chi connectivity index (χ0) is 41.5. The molecule has 2 N–H and O–H groups in total. The topological polar surface area (TPSA) is 164 Å². The average Bonchev–Trinajstić information content (AvgIpc) is 3.96. The van der Waals surface area contributed by atoms with Gasteiger partial charge in [-0.25, -0.2) is 0 Å². The maximum Gasteiger partial charge on any atom is 0.311 e. The van der Waals surface area contributed by atoms with Gasteiger partial charge in [0, 0.05) is 47.9 Å². The molecular formula is C44H45Cl2O12P-2. The van der Waals surface area contributed by atoms with Crippen molar-refractivity contribution < 1.29 is 57.8 Å². The standard InChI is InChI=1S/C23H24O6.C15H12O4.C6H8Cl2O2.HP/c1-15(24)5-3-4-6-22(25)29-17-8-10-21-19(12-17)23(14-28-21)13-27-20-9-7-16(26-2)11-18(20)23;16-9-1-3-13-11(5-9)15(7-18-13)8-19-14-4-2-10(17)6-12(14)15;7-5(9)3-1-2-4-6(8)10;/h7-12H,3-6,13-14H2,1-2H3;1-6,16-17H,7-8H2;1-4H2;1H/q;;;-2. The highest BCUT2D eigenvalue weighted by molar-refractivity contribution is 6.92. The van der Waals surface area contributed by atoms with Crippen LogP contribution in [0, 0.1) is 0 Å². The molecule has 1 atom stereocenters. The number of rotatable bonds is 12. The Morgan fingerprint density at radius 2 is 0.949 bits per heavy atom. The number of phenolic OH excluding ortho intramolecular Hbond substituents is 2. The van der Waals surface area contributed by atoms with Gasteiger partial charge in [-0.05, 0) is 129 Å². The summed E-state index contributed by atoms with van der Waals surface area (Å²) >= 11 is 10.1. The first-order valence-electron chi connectivity index (χ1n) is 18.9. The van der Waals surface area contributed by atoms with Gasteiger partial charge in [0.05, 0.1) is 17.9 Å². The molecule has 4 aromatic carbocycles. The lowest BCUT2D eigenvalue weighted by molar-refractivity contribution is -0.134. The van der Waals surface area contributed by atoms with Crippen LogP contribution in [0.4, 0.5) is 0 Å². The van der Waals surface area contributed by atoms with Gasteiger partial charge in [-0.15, -0.1) is 0 Å². The number of esters is 1. The predicted octanol–water partition coefficient (Wildman–Crippen LogP) is 8.66. The fourth-order valence-corrected chi connectivity index (χ4v) is 7.66. The van der Waals surface area contributed by atoms with E-state index in [1.807, 2.05) is 30.3 Å². The van der Waals surface area contributed by atoms with Gasteiger partial charge in [-0.3, -0.25) is 14.4 Å². The molecule has 15 heteroatoms. The first-order valence-corrected chi connectivity index (χ1v) is 19.7. The molecule has 0 saturated heterocycles. The molecular weight excluding hydrogens is 822 g/mol. The van der Waals surface area contributed by atoms with Crippen LogP contribution in [0.3, 0.4) is 0 Å². The zero-order valence-corrected chi connectivity index (χ0v) is 35.2. The normalized spacial score (nSPS) is 16.4. The van der Waals surface area contributed by atoms with Crippen molar-refractivity contribution in [1.82, 2.24) is 0 Å². The third-order valence-electron chi connectivity index (χ3n) is 10.4. The molecule has 0 aliphatic carbocycles. The van der Waals surface area contributed by atoms with E-state index in [4.69, 9.17) is 51.6 Å². The van der Waals surface area contributed by atoms with Gasteiger partial charge < -0.3 is 53.3 Å². The Bertz CT molecular complexity index is 2110. The van der Waals surface area contributed by atoms with E-state index in [1.165, 1.54) is 0 Å². The van der Waals surface area contributed by atoms with Crippen molar-refractivity contribution in [2.45, 2.75) is 69.1 Å².